The molecule has 0 fully saturated rings. The Hall–Kier alpha value is -1.35. The van der Waals surface area contributed by atoms with E-state index in [0.29, 0.717) is 6.42 Å². The van der Waals surface area contributed by atoms with Gasteiger partial charge in [-0.25, -0.2) is 0 Å². The molecule has 0 aliphatic carbocycles. The van der Waals surface area contributed by atoms with Crippen LogP contribution in [0.4, 0.5) is 0 Å². The third-order valence-electron chi connectivity index (χ3n) is 2.68. The summed E-state index contributed by atoms with van der Waals surface area (Å²) in [4.78, 5) is 10.5. The number of nitrogens with two attached hydrogens (primary N) is 1. The van der Waals surface area contributed by atoms with Crippen LogP contribution in [0.3, 0.4) is 0 Å². The molecule has 1 amide bonds. The molecule has 0 spiro atoms. The zero-order valence-electron chi connectivity index (χ0n) is 10.0. The van der Waals surface area contributed by atoms with E-state index >= 15 is 0 Å². The molecular formula is C13H20N2O. The van der Waals surface area contributed by atoms with Gasteiger partial charge in [0.25, 0.3) is 0 Å². The molecule has 3 nitrogen and oxygen atoms in total. The Kier molecular flexibility index (Phi) is 4.99. The number of benzene rings is 1. The Bertz CT molecular complexity index is 361. The summed E-state index contributed by atoms with van der Waals surface area (Å²) in [5, 5.41) is 3.30. The predicted molar refractivity (Wildman–Crippen MR) is 66.1 cm³/mol. The summed E-state index contributed by atoms with van der Waals surface area (Å²) >= 11 is 0. The van der Waals surface area contributed by atoms with Crippen LogP contribution in [-0.4, -0.2) is 12.5 Å². The summed E-state index contributed by atoms with van der Waals surface area (Å²) in [7, 11) is 0. The molecule has 0 radical (unpaired) electrons. The van der Waals surface area contributed by atoms with Crippen LogP contribution in [0.1, 0.15) is 29.5 Å². The highest BCUT2D eigenvalue weighted by molar-refractivity contribution is 5.73. The zero-order chi connectivity index (χ0) is 12.0. The minimum Gasteiger partial charge on any atom is -0.370 e. The molecule has 88 valence electrons. The lowest BCUT2D eigenvalue weighted by molar-refractivity contribution is -0.118. The molecular weight excluding hydrogens is 200 g/mol. The molecule has 0 aromatic heterocycles. The van der Waals surface area contributed by atoms with Gasteiger partial charge in [-0.05, 0) is 43.5 Å². The van der Waals surface area contributed by atoms with E-state index in [0.717, 1.165) is 19.5 Å². The highest BCUT2D eigenvalue weighted by Crippen LogP contribution is 2.09. The highest BCUT2D eigenvalue weighted by Gasteiger charge is 1.97. The summed E-state index contributed by atoms with van der Waals surface area (Å²) in [5.41, 5.74) is 8.97. The maximum Gasteiger partial charge on any atom is 0.217 e. The summed E-state index contributed by atoms with van der Waals surface area (Å²) < 4.78 is 0. The van der Waals surface area contributed by atoms with Gasteiger partial charge in [0, 0.05) is 13.0 Å². The predicted octanol–water partition coefficient (Wildman–Crippen LogP) is 1.66. The van der Waals surface area contributed by atoms with E-state index in [1.807, 2.05) is 0 Å². The third-order valence-corrected chi connectivity index (χ3v) is 2.68. The second kappa shape index (κ2) is 6.28. The Morgan fingerprint density at radius 3 is 2.69 bits per heavy atom. The zero-order valence-corrected chi connectivity index (χ0v) is 10.0. The second-order valence-corrected chi connectivity index (χ2v) is 4.17. The first kappa shape index (κ1) is 12.7. The van der Waals surface area contributed by atoms with Crippen LogP contribution in [0.5, 0.6) is 0 Å². The van der Waals surface area contributed by atoms with Crippen LogP contribution in [0.2, 0.25) is 0 Å². The lowest BCUT2D eigenvalue weighted by Crippen LogP contribution is -2.18. The number of hydrogen-bond donors (Lipinski definition) is 2. The maximum atomic E-state index is 10.5. The molecule has 1 aromatic carbocycles. The SMILES string of the molecule is Cc1ccc(CNCCCC(N)=O)cc1C. The fraction of sp³-hybridized carbons (Fsp3) is 0.462. The van der Waals surface area contributed by atoms with Gasteiger partial charge in [0.2, 0.25) is 5.91 Å². The highest BCUT2D eigenvalue weighted by atomic mass is 16.1. The smallest absolute Gasteiger partial charge is 0.217 e. The van der Waals surface area contributed by atoms with E-state index in [2.05, 4.69) is 37.4 Å². The van der Waals surface area contributed by atoms with E-state index in [-0.39, 0.29) is 5.91 Å². The van der Waals surface area contributed by atoms with Crippen LogP contribution < -0.4 is 11.1 Å². The largest absolute Gasteiger partial charge is 0.370 e. The minimum atomic E-state index is -0.229. The molecule has 0 aliphatic rings. The number of rotatable bonds is 6. The molecule has 0 bridgehead atoms. The summed E-state index contributed by atoms with van der Waals surface area (Å²) in [6.07, 6.45) is 1.26. The molecule has 0 saturated carbocycles. The van der Waals surface area contributed by atoms with Crippen molar-refractivity contribution in [1.82, 2.24) is 5.32 Å². The van der Waals surface area contributed by atoms with Crippen molar-refractivity contribution in [1.29, 1.82) is 0 Å². The van der Waals surface area contributed by atoms with Crippen LogP contribution in [0.15, 0.2) is 18.2 Å². The van der Waals surface area contributed by atoms with Crippen molar-refractivity contribution in [3.8, 4) is 0 Å². The van der Waals surface area contributed by atoms with Gasteiger partial charge in [0.05, 0.1) is 0 Å². The lowest BCUT2D eigenvalue weighted by Gasteiger charge is -2.06. The third kappa shape index (κ3) is 4.45. The van der Waals surface area contributed by atoms with Crippen molar-refractivity contribution in [2.45, 2.75) is 33.2 Å². The molecule has 1 aromatic rings. The molecule has 0 saturated heterocycles. The van der Waals surface area contributed by atoms with E-state index in [1.54, 1.807) is 0 Å². The number of carbonyl (C=O) groups excluding carboxylic acids is 1. The minimum absolute atomic E-state index is 0.229. The van der Waals surface area contributed by atoms with Gasteiger partial charge < -0.3 is 11.1 Å². The van der Waals surface area contributed by atoms with E-state index in [1.165, 1.54) is 16.7 Å². The second-order valence-electron chi connectivity index (χ2n) is 4.17. The van der Waals surface area contributed by atoms with Gasteiger partial charge >= 0.3 is 0 Å². The van der Waals surface area contributed by atoms with Crippen LogP contribution >= 0.6 is 0 Å². The molecule has 16 heavy (non-hydrogen) atoms. The summed E-state index contributed by atoms with van der Waals surface area (Å²) in [5.74, 6) is -0.229. The number of nitrogens with one attached hydrogen (secondary N) is 1. The average molecular weight is 220 g/mol. The molecule has 0 unspecified atom stereocenters. The number of primary amides is 1. The van der Waals surface area contributed by atoms with Crippen molar-refractivity contribution in [2.75, 3.05) is 6.54 Å². The lowest BCUT2D eigenvalue weighted by atomic mass is 10.1. The Labute approximate surface area is 97.0 Å². The number of aryl methyl sites for hydroxylation is 2. The Morgan fingerprint density at radius 2 is 2.06 bits per heavy atom. The van der Waals surface area contributed by atoms with Gasteiger partial charge in [0.1, 0.15) is 0 Å². The number of hydrogen-bond acceptors (Lipinski definition) is 2. The molecule has 3 N–H and O–H groups in total. The summed E-state index contributed by atoms with van der Waals surface area (Å²) in [6.45, 7) is 5.90. The topological polar surface area (TPSA) is 55.1 Å². The first-order chi connectivity index (χ1) is 7.59. The van der Waals surface area contributed by atoms with Crippen molar-refractivity contribution in [3.63, 3.8) is 0 Å². The van der Waals surface area contributed by atoms with E-state index in [9.17, 15) is 4.79 Å². The van der Waals surface area contributed by atoms with Gasteiger partial charge in [0.15, 0.2) is 0 Å². The Balaban J connectivity index is 2.27. The van der Waals surface area contributed by atoms with Crippen LogP contribution in [-0.2, 0) is 11.3 Å². The Morgan fingerprint density at radius 1 is 1.31 bits per heavy atom. The van der Waals surface area contributed by atoms with Crippen LogP contribution in [0, 0.1) is 13.8 Å². The average Bonchev–Trinajstić information content (AvgIpc) is 2.22. The van der Waals surface area contributed by atoms with Crippen molar-refractivity contribution in [3.05, 3.63) is 34.9 Å². The molecule has 1 rings (SSSR count). The normalized spacial score (nSPS) is 10.4. The van der Waals surface area contributed by atoms with Gasteiger partial charge in [-0.1, -0.05) is 18.2 Å². The fourth-order valence-corrected chi connectivity index (χ4v) is 1.53. The number of carbonyl (C=O) groups is 1. The fourth-order valence-electron chi connectivity index (χ4n) is 1.53. The standard InChI is InChI=1S/C13H20N2O/c1-10-5-6-12(8-11(10)2)9-15-7-3-4-13(14)16/h5-6,8,15H,3-4,7,9H2,1-2H3,(H2,14,16). The van der Waals surface area contributed by atoms with Gasteiger partial charge in [-0.15, -0.1) is 0 Å². The first-order valence-electron chi connectivity index (χ1n) is 5.65. The van der Waals surface area contributed by atoms with E-state index < -0.39 is 0 Å². The number of amides is 1. The van der Waals surface area contributed by atoms with E-state index in [4.69, 9.17) is 5.73 Å². The summed E-state index contributed by atoms with van der Waals surface area (Å²) in [6, 6.07) is 6.45. The van der Waals surface area contributed by atoms with Crippen LogP contribution in [0.25, 0.3) is 0 Å². The van der Waals surface area contributed by atoms with Crippen molar-refractivity contribution >= 4 is 5.91 Å². The molecule has 0 atom stereocenters. The molecule has 0 aliphatic heterocycles. The van der Waals surface area contributed by atoms with Gasteiger partial charge in [-0.2, -0.15) is 0 Å². The van der Waals surface area contributed by atoms with Gasteiger partial charge in [-0.3, -0.25) is 4.79 Å². The van der Waals surface area contributed by atoms with Crippen molar-refractivity contribution < 1.29 is 4.79 Å². The molecule has 0 heterocycles. The monoisotopic (exact) mass is 220 g/mol. The molecule has 3 heteroatoms. The quantitative estimate of drug-likeness (QED) is 0.716. The first-order valence-corrected chi connectivity index (χ1v) is 5.65. The van der Waals surface area contributed by atoms with Crippen molar-refractivity contribution in [2.24, 2.45) is 5.73 Å². The maximum absolute atomic E-state index is 10.5.